The zero-order valence-electron chi connectivity index (χ0n) is 14.7. The normalized spacial score (nSPS) is 20.0. The molecule has 0 aromatic heterocycles. The predicted octanol–water partition coefficient (Wildman–Crippen LogP) is 4.30. The molecule has 4 nitrogen and oxygen atoms in total. The van der Waals surface area contributed by atoms with Crippen molar-refractivity contribution in [2.75, 3.05) is 13.7 Å². The van der Waals surface area contributed by atoms with Gasteiger partial charge in [-0.2, -0.15) is 0 Å². The molecular weight excluding hydrogens is 316 g/mol. The summed E-state index contributed by atoms with van der Waals surface area (Å²) in [7, 11) is 1.70. The van der Waals surface area contributed by atoms with E-state index in [1.54, 1.807) is 19.2 Å². The van der Waals surface area contributed by atoms with Gasteiger partial charge in [0.25, 0.3) is 0 Å². The maximum absolute atomic E-state index is 9.61. The second-order valence-corrected chi connectivity index (χ2v) is 7.14. The molecule has 1 atom stereocenters. The van der Waals surface area contributed by atoms with Crippen LogP contribution in [0.5, 0.6) is 23.0 Å². The van der Waals surface area contributed by atoms with Crippen molar-refractivity contribution in [3.8, 4) is 23.0 Å². The molecule has 2 aliphatic rings. The minimum atomic E-state index is -0.311. The molecule has 2 heterocycles. The van der Waals surface area contributed by atoms with E-state index in [1.165, 1.54) is 0 Å². The lowest BCUT2D eigenvalue weighted by atomic mass is 9.87. The van der Waals surface area contributed by atoms with Crippen LogP contribution in [0.4, 0.5) is 0 Å². The third kappa shape index (κ3) is 2.82. The molecule has 2 aromatic rings. The monoisotopic (exact) mass is 338 g/mol. The highest BCUT2D eigenvalue weighted by Gasteiger charge is 2.29. The van der Waals surface area contributed by atoms with Crippen LogP contribution in [0.3, 0.4) is 0 Å². The third-order valence-electron chi connectivity index (χ3n) is 4.81. The maximum Gasteiger partial charge on any atom is 0.133 e. The minimum absolute atomic E-state index is 0.195. The summed E-state index contributed by atoms with van der Waals surface area (Å²) in [5, 5.41) is 9.61. The molecule has 4 rings (SSSR count). The zero-order valence-corrected chi connectivity index (χ0v) is 14.7. The first kappa shape index (κ1) is 15.9. The van der Waals surface area contributed by atoms with Crippen molar-refractivity contribution < 1.29 is 19.3 Å². The molecule has 130 valence electrons. The number of benzene rings is 2. The lowest BCUT2D eigenvalue weighted by Crippen LogP contribution is -2.28. The van der Waals surface area contributed by atoms with Gasteiger partial charge in [-0.3, -0.25) is 0 Å². The molecular formula is C21H22O4. The predicted molar refractivity (Wildman–Crippen MR) is 96.8 cm³/mol. The van der Waals surface area contributed by atoms with Crippen molar-refractivity contribution in [3.63, 3.8) is 0 Å². The number of ether oxygens (including phenoxy) is 3. The molecule has 0 aliphatic carbocycles. The number of aromatic hydroxyl groups is 1. The molecule has 0 saturated carbocycles. The van der Waals surface area contributed by atoms with Gasteiger partial charge in [0.2, 0.25) is 0 Å². The van der Waals surface area contributed by atoms with Crippen LogP contribution >= 0.6 is 0 Å². The standard InChI is InChI=1S/C21H22O4/c1-21(2)9-8-17-18(25-21)7-6-16(20(17)23-3)14-10-13-4-5-15(22)11-19(13)24-12-14/h4-9,11,14,22H,10,12H2,1-3H3/t14-/m0/s1. The molecule has 25 heavy (non-hydrogen) atoms. The van der Waals surface area contributed by atoms with Crippen LogP contribution in [0.2, 0.25) is 0 Å². The van der Waals surface area contributed by atoms with Gasteiger partial charge in [0, 0.05) is 17.5 Å². The second kappa shape index (κ2) is 5.73. The first-order valence-electron chi connectivity index (χ1n) is 8.51. The Morgan fingerprint density at radius 2 is 2.00 bits per heavy atom. The number of methoxy groups -OCH3 is 1. The van der Waals surface area contributed by atoms with Crippen molar-refractivity contribution in [1.82, 2.24) is 0 Å². The number of hydrogen-bond acceptors (Lipinski definition) is 4. The van der Waals surface area contributed by atoms with Crippen LogP contribution in [0.25, 0.3) is 6.08 Å². The van der Waals surface area contributed by atoms with Crippen molar-refractivity contribution >= 4 is 6.08 Å². The molecule has 0 saturated heterocycles. The van der Waals surface area contributed by atoms with Gasteiger partial charge in [0.15, 0.2) is 0 Å². The van der Waals surface area contributed by atoms with Crippen LogP contribution in [-0.2, 0) is 6.42 Å². The first-order valence-corrected chi connectivity index (χ1v) is 8.51. The molecule has 0 amide bonds. The fraction of sp³-hybridized carbons (Fsp3) is 0.333. The Bertz CT molecular complexity index is 851. The number of phenolic OH excluding ortho intramolecular Hbond substituents is 1. The summed E-state index contributed by atoms with van der Waals surface area (Å²) in [5.41, 5.74) is 2.89. The van der Waals surface area contributed by atoms with Gasteiger partial charge in [-0.25, -0.2) is 0 Å². The molecule has 2 aliphatic heterocycles. The van der Waals surface area contributed by atoms with E-state index in [9.17, 15) is 5.11 Å². The van der Waals surface area contributed by atoms with Gasteiger partial charge < -0.3 is 19.3 Å². The van der Waals surface area contributed by atoms with E-state index in [0.717, 1.165) is 40.4 Å². The zero-order chi connectivity index (χ0) is 17.6. The van der Waals surface area contributed by atoms with Gasteiger partial charge in [-0.15, -0.1) is 0 Å². The van der Waals surface area contributed by atoms with E-state index in [4.69, 9.17) is 14.2 Å². The highest BCUT2D eigenvalue weighted by atomic mass is 16.5. The first-order chi connectivity index (χ1) is 12.0. The maximum atomic E-state index is 9.61. The number of hydrogen-bond donors (Lipinski definition) is 1. The minimum Gasteiger partial charge on any atom is -0.508 e. The van der Waals surface area contributed by atoms with E-state index in [-0.39, 0.29) is 17.3 Å². The molecule has 0 spiro atoms. The smallest absolute Gasteiger partial charge is 0.133 e. The fourth-order valence-corrected chi connectivity index (χ4v) is 3.56. The number of phenols is 1. The Hall–Kier alpha value is -2.62. The summed E-state index contributed by atoms with van der Waals surface area (Å²) in [6, 6.07) is 9.39. The third-order valence-corrected chi connectivity index (χ3v) is 4.81. The number of fused-ring (bicyclic) bond motifs is 2. The lowest BCUT2D eigenvalue weighted by molar-refractivity contribution is 0.158. The lowest BCUT2D eigenvalue weighted by Gasteiger charge is -2.31. The van der Waals surface area contributed by atoms with Crippen LogP contribution in [0.15, 0.2) is 36.4 Å². The number of rotatable bonds is 2. The summed E-state index contributed by atoms with van der Waals surface area (Å²) >= 11 is 0. The van der Waals surface area contributed by atoms with E-state index in [0.29, 0.717) is 6.61 Å². The van der Waals surface area contributed by atoms with Crippen molar-refractivity contribution in [2.45, 2.75) is 31.8 Å². The largest absolute Gasteiger partial charge is 0.508 e. The van der Waals surface area contributed by atoms with Gasteiger partial charge in [0.1, 0.15) is 28.6 Å². The Morgan fingerprint density at radius 1 is 1.16 bits per heavy atom. The van der Waals surface area contributed by atoms with E-state index in [1.807, 2.05) is 26.0 Å². The van der Waals surface area contributed by atoms with Gasteiger partial charge in [-0.05, 0) is 50.1 Å². The highest BCUT2D eigenvalue weighted by molar-refractivity contribution is 5.69. The topological polar surface area (TPSA) is 47.9 Å². The SMILES string of the molecule is COc1c([C@@H]2COc3cc(O)ccc3C2)ccc2c1C=CC(C)(C)O2. The highest BCUT2D eigenvalue weighted by Crippen LogP contribution is 2.44. The van der Waals surface area contributed by atoms with Crippen molar-refractivity contribution in [2.24, 2.45) is 0 Å². The average Bonchev–Trinajstić information content (AvgIpc) is 2.59. The molecule has 0 fully saturated rings. The summed E-state index contributed by atoms with van der Waals surface area (Å²) in [6.45, 7) is 4.63. The molecule has 1 N–H and O–H groups in total. The van der Waals surface area contributed by atoms with E-state index in [2.05, 4.69) is 18.2 Å². The van der Waals surface area contributed by atoms with Gasteiger partial charge in [0.05, 0.1) is 19.3 Å². The molecule has 0 bridgehead atoms. The summed E-state index contributed by atoms with van der Waals surface area (Å²) in [5.74, 6) is 2.88. The van der Waals surface area contributed by atoms with Gasteiger partial charge >= 0.3 is 0 Å². The van der Waals surface area contributed by atoms with Crippen LogP contribution in [-0.4, -0.2) is 24.4 Å². The quantitative estimate of drug-likeness (QED) is 0.887. The van der Waals surface area contributed by atoms with Crippen LogP contribution in [0, 0.1) is 0 Å². The summed E-state index contributed by atoms with van der Waals surface area (Å²) < 4.78 is 17.7. The van der Waals surface area contributed by atoms with Gasteiger partial charge in [-0.1, -0.05) is 12.1 Å². The summed E-state index contributed by atoms with van der Waals surface area (Å²) in [4.78, 5) is 0. The Balaban J connectivity index is 1.71. The Labute approximate surface area is 147 Å². The fourth-order valence-electron chi connectivity index (χ4n) is 3.56. The van der Waals surface area contributed by atoms with E-state index < -0.39 is 0 Å². The second-order valence-electron chi connectivity index (χ2n) is 7.14. The molecule has 0 unspecified atom stereocenters. The average molecular weight is 338 g/mol. The Kier molecular flexibility index (Phi) is 3.64. The van der Waals surface area contributed by atoms with E-state index >= 15 is 0 Å². The van der Waals surface area contributed by atoms with Crippen molar-refractivity contribution in [1.29, 1.82) is 0 Å². The molecule has 0 radical (unpaired) electrons. The van der Waals surface area contributed by atoms with Crippen LogP contribution < -0.4 is 14.2 Å². The Morgan fingerprint density at radius 3 is 2.80 bits per heavy atom. The molecule has 2 aromatic carbocycles. The van der Waals surface area contributed by atoms with Crippen molar-refractivity contribution in [3.05, 3.63) is 53.1 Å². The molecule has 4 heteroatoms. The summed E-state index contributed by atoms with van der Waals surface area (Å²) in [6.07, 6.45) is 4.98. The van der Waals surface area contributed by atoms with Crippen LogP contribution in [0.1, 0.15) is 36.5 Å².